The molecular formula is C12H23NO2. The van der Waals surface area contributed by atoms with E-state index in [2.05, 4.69) is 19.2 Å². The number of ether oxygens (including phenoxy) is 1. The molecule has 0 radical (unpaired) electrons. The van der Waals surface area contributed by atoms with Gasteiger partial charge in [-0.25, -0.2) is 0 Å². The highest BCUT2D eigenvalue weighted by atomic mass is 16.5. The highest BCUT2D eigenvalue weighted by Gasteiger charge is 2.45. The topological polar surface area (TPSA) is 41.5 Å². The summed E-state index contributed by atoms with van der Waals surface area (Å²) in [5.74, 6) is 0. The highest BCUT2D eigenvalue weighted by molar-refractivity contribution is 5.01. The van der Waals surface area contributed by atoms with Crippen molar-refractivity contribution in [3.63, 3.8) is 0 Å². The lowest BCUT2D eigenvalue weighted by Crippen LogP contribution is -2.57. The molecule has 1 saturated heterocycles. The average Bonchev–Trinajstić information content (AvgIpc) is 2.99. The lowest BCUT2D eigenvalue weighted by atomic mass is 9.87. The number of hydrogen-bond acceptors (Lipinski definition) is 3. The molecule has 1 heterocycles. The normalized spacial score (nSPS) is 29.8. The van der Waals surface area contributed by atoms with Gasteiger partial charge in [0.15, 0.2) is 0 Å². The molecule has 0 spiro atoms. The van der Waals surface area contributed by atoms with Crippen LogP contribution < -0.4 is 5.32 Å². The van der Waals surface area contributed by atoms with Crippen LogP contribution >= 0.6 is 0 Å². The lowest BCUT2D eigenvalue weighted by Gasteiger charge is -2.40. The van der Waals surface area contributed by atoms with Crippen molar-refractivity contribution in [3.8, 4) is 0 Å². The summed E-state index contributed by atoms with van der Waals surface area (Å²) < 4.78 is 5.36. The largest absolute Gasteiger partial charge is 0.394 e. The van der Waals surface area contributed by atoms with Crippen molar-refractivity contribution in [3.05, 3.63) is 0 Å². The Bertz CT molecular complexity index is 220. The Morgan fingerprint density at radius 3 is 2.33 bits per heavy atom. The summed E-state index contributed by atoms with van der Waals surface area (Å²) in [5, 5.41) is 13.2. The Morgan fingerprint density at radius 2 is 1.87 bits per heavy atom. The van der Waals surface area contributed by atoms with Gasteiger partial charge >= 0.3 is 0 Å². The molecule has 2 N–H and O–H groups in total. The summed E-state index contributed by atoms with van der Waals surface area (Å²) in [6.45, 7) is 6.36. The van der Waals surface area contributed by atoms with Crippen LogP contribution in [0.4, 0.5) is 0 Å². The van der Waals surface area contributed by atoms with Crippen LogP contribution in [-0.2, 0) is 4.74 Å². The third-order valence-electron chi connectivity index (χ3n) is 4.36. The Hall–Kier alpha value is -0.120. The Morgan fingerprint density at radius 1 is 1.27 bits per heavy atom. The predicted molar refractivity (Wildman–Crippen MR) is 59.8 cm³/mol. The van der Waals surface area contributed by atoms with Gasteiger partial charge in [-0.1, -0.05) is 6.92 Å². The first kappa shape index (κ1) is 11.4. The predicted octanol–water partition coefficient (Wildman–Crippen LogP) is 1.31. The second-order valence-corrected chi connectivity index (χ2v) is 5.57. The fourth-order valence-electron chi connectivity index (χ4n) is 2.37. The van der Waals surface area contributed by atoms with Gasteiger partial charge in [-0.3, -0.25) is 0 Å². The molecule has 1 saturated carbocycles. The number of nitrogens with one attached hydrogen (secondary N) is 1. The Labute approximate surface area is 92.2 Å². The fraction of sp³-hybridized carbons (Fsp3) is 1.00. The van der Waals surface area contributed by atoms with Crippen molar-refractivity contribution in [1.82, 2.24) is 5.32 Å². The van der Waals surface area contributed by atoms with E-state index >= 15 is 0 Å². The molecule has 0 amide bonds. The third-order valence-corrected chi connectivity index (χ3v) is 4.36. The summed E-state index contributed by atoms with van der Waals surface area (Å²) in [7, 11) is 0. The maximum atomic E-state index is 9.56. The van der Waals surface area contributed by atoms with E-state index in [1.54, 1.807) is 0 Å². The van der Waals surface area contributed by atoms with Gasteiger partial charge < -0.3 is 15.2 Å². The Balaban J connectivity index is 1.94. The molecular weight excluding hydrogens is 190 g/mol. The zero-order chi connectivity index (χ0) is 10.9. The van der Waals surface area contributed by atoms with Gasteiger partial charge in [0.25, 0.3) is 0 Å². The smallest absolute Gasteiger partial charge is 0.0615 e. The molecule has 1 aliphatic carbocycles. The number of rotatable bonds is 4. The second kappa shape index (κ2) is 4.04. The van der Waals surface area contributed by atoms with Crippen LogP contribution in [0.2, 0.25) is 0 Å². The van der Waals surface area contributed by atoms with Crippen LogP contribution in [0.5, 0.6) is 0 Å². The van der Waals surface area contributed by atoms with E-state index in [9.17, 15) is 5.11 Å². The van der Waals surface area contributed by atoms with Crippen molar-refractivity contribution in [2.45, 2.75) is 51.1 Å². The fourth-order valence-corrected chi connectivity index (χ4v) is 2.37. The molecule has 3 heteroatoms. The monoisotopic (exact) mass is 213 g/mol. The number of aliphatic hydroxyl groups is 1. The van der Waals surface area contributed by atoms with Gasteiger partial charge in [0.2, 0.25) is 0 Å². The summed E-state index contributed by atoms with van der Waals surface area (Å²) in [6, 6.07) is 0.503. The van der Waals surface area contributed by atoms with E-state index in [4.69, 9.17) is 4.74 Å². The SMILES string of the molecule is CC(NC1(CO)CCOCC1)C1(C)CC1. The molecule has 88 valence electrons. The molecule has 2 fully saturated rings. The first-order valence-electron chi connectivity index (χ1n) is 6.07. The first-order chi connectivity index (χ1) is 7.10. The standard InChI is InChI=1S/C12H23NO2/c1-10(11(2)3-4-11)13-12(9-14)5-7-15-8-6-12/h10,13-14H,3-9H2,1-2H3. The minimum atomic E-state index is -0.0801. The average molecular weight is 213 g/mol. The van der Waals surface area contributed by atoms with Gasteiger partial charge in [-0.05, 0) is 38.0 Å². The van der Waals surface area contributed by atoms with E-state index in [1.807, 2.05) is 0 Å². The molecule has 3 nitrogen and oxygen atoms in total. The first-order valence-corrected chi connectivity index (χ1v) is 6.07. The van der Waals surface area contributed by atoms with Crippen LogP contribution in [-0.4, -0.2) is 36.5 Å². The molecule has 15 heavy (non-hydrogen) atoms. The molecule has 0 aromatic heterocycles. The van der Waals surface area contributed by atoms with E-state index < -0.39 is 0 Å². The quantitative estimate of drug-likeness (QED) is 0.740. The minimum Gasteiger partial charge on any atom is -0.394 e. The van der Waals surface area contributed by atoms with Crippen LogP contribution in [0, 0.1) is 5.41 Å². The van der Waals surface area contributed by atoms with Crippen LogP contribution in [0.1, 0.15) is 39.5 Å². The molecule has 0 bridgehead atoms. The van der Waals surface area contributed by atoms with Gasteiger partial charge in [-0.2, -0.15) is 0 Å². The molecule has 1 aliphatic heterocycles. The number of hydrogen-bond donors (Lipinski definition) is 2. The van der Waals surface area contributed by atoms with E-state index in [0.717, 1.165) is 26.1 Å². The van der Waals surface area contributed by atoms with Crippen molar-refractivity contribution in [2.24, 2.45) is 5.41 Å². The van der Waals surface area contributed by atoms with Crippen molar-refractivity contribution < 1.29 is 9.84 Å². The number of aliphatic hydroxyl groups excluding tert-OH is 1. The second-order valence-electron chi connectivity index (χ2n) is 5.57. The van der Waals surface area contributed by atoms with E-state index in [0.29, 0.717) is 11.5 Å². The van der Waals surface area contributed by atoms with Gasteiger partial charge in [0.1, 0.15) is 0 Å². The van der Waals surface area contributed by atoms with Crippen molar-refractivity contribution in [1.29, 1.82) is 0 Å². The van der Waals surface area contributed by atoms with Crippen LogP contribution in [0.25, 0.3) is 0 Å². The molecule has 1 unspecified atom stereocenters. The van der Waals surface area contributed by atoms with Crippen LogP contribution in [0.3, 0.4) is 0 Å². The maximum Gasteiger partial charge on any atom is 0.0615 e. The highest BCUT2D eigenvalue weighted by Crippen LogP contribution is 2.48. The summed E-state index contributed by atoms with van der Waals surface area (Å²) >= 11 is 0. The van der Waals surface area contributed by atoms with E-state index in [-0.39, 0.29) is 12.1 Å². The molecule has 2 rings (SSSR count). The zero-order valence-electron chi connectivity index (χ0n) is 9.88. The van der Waals surface area contributed by atoms with Gasteiger partial charge in [0.05, 0.1) is 6.61 Å². The summed E-state index contributed by atoms with van der Waals surface area (Å²) in [6.07, 6.45) is 4.51. The summed E-state index contributed by atoms with van der Waals surface area (Å²) in [4.78, 5) is 0. The van der Waals surface area contributed by atoms with E-state index in [1.165, 1.54) is 12.8 Å². The molecule has 0 aromatic carbocycles. The zero-order valence-corrected chi connectivity index (χ0v) is 9.88. The van der Waals surface area contributed by atoms with Crippen molar-refractivity contribution >= 4 is 0 Å². The maximum absolute atomic E-state index is 9.56. The lowest BCUT2D eigenvalue weighted by molar-refractivity contribution is 0.00357. The Kier molecular flexibility index (Phi) is 3.06. The summed E-state index contributed by atoms with van der Waals surface area (Å²) in [5.41, 5.74) is 0.393. The van der Waals surface area contributed by atoms with Crippen LogP contribution in [0.15, 0.2) is 0 Å². The van der Waals surface area contributed by atoms with Crippen molar-refractivity contribution in [2.75, 3.05) is 19.8 Å². The van der Waals surface area contributed by atoms with Gasteiger partial charge in [0, 0.05) is 24.8 Å². The minimum absolute atomic E-state index is 0.0801. The molecule has 2 aliphatic rings. The third kappa shape index (κ3) is 2.35. The molecule has 1 atom stereocenters. The van der Waals surface area contributed by atoms with Gasteiger partial charge in [-0.15, -0.1) is 0 Å². The molecule has 0 aromatic rings.